The molecule has 34 heavy (non-hydrogen) atoms. The van der Waals surface area contributed by atoms with Gasteiger partial charge >= 0.3 is 0 Å². The molecule has 2 N–H and O–H groups in total. The highest BCUT2D eigenvalue weighted by Crippen LogP contribution is 2.55. The van der Waals surface area contributed by atoms with Gasteiger partial charge in [0.25, 0.3) is 5.91 Å². The molecule has 1 saturated heterocycles. The Kier molecular flexibility index (Phi) is 7.63. The van der Waals surface area contributed by atoms with Gasteiger partial charge in [-0.25, -0.2) is 0 Å². The van der Waals surface area contributed by atoms with Crippen LogP contribution in [0.3, 0.4) is 0 Å². The van der Waals surface area contributed by atoms with Gasteiger partial charge in [-0.2, -0.15) is 0 Å². The molecule has 0 spiro atoms. The van der Waals surface area contributed by atoms with Crippen LogP contribution in [0.25, 0.3) is 0 Å². The van der Waals surface area contributed by atoms with Crippen LogP contribution in [0, 0.1) is 29.1 Å². The molecule has 3 fully saturated rings. The zero-order valence-corrected chi connectivity index (χ0v) is 21.1. The van der Waals surface area contributed by atoms with Crippen LogP contribution < -0.4 is 5.32 Å². The molecule has 7 heteroatoms. The Bertz CT molecular complexity index is 865. The van der Waals surface area contributed by atoms with Gasteiger partial charge < -0.3 is 20.1 Å². The minimum Gasteiger partial charge on any atom is -0.392 e. The van der Waals surface area contributed by atoms with Crippen molar-refractivity contribution in [1.82, 2.24) is 15.2 Å². The number of rotatable bonds is 6. The second-order valence-corrected chi connectivity index (χ2v) is 11.1. The van der Waals surface area contributed by atoms with Crippen molar-refractivity contribution in [3.05, 3.63) is 30.1 Å². The lowest BCUT2D eigenvalue weighted by molar-refractivity contribution is -0.151. The van der Waals surface area contributed by atoms with Crippen LogP contribution in [-0.2, 0) is 9.53 Å². The van der Waals surface area contributed by atoms with Gasteiger partial charge in [0.1, 0.15) is 5.69 Å². The first-order valence-corrected chi connectivity index (χ1v) is 13.0. The molecule has 1 aliphatic heterocycles. The Morgan fingerprint density at radius 1 is 1.29 bits per heavy atom. The first-order valence-electron chi connectivity index (χ1n) is 13.0. The minimum atomic E-state index is -0.564. The fourth-order valence-electron chi connectivity index (χ4n) is 7.17. The van der Waals surface area contributed by atoms with Gasteiger partial charge in [-0.15, -0.1) is 0 Å². The fourth-order valence-corrected chi connectivity index (χ4v) is 7.17. The number of aliphatic hydroxyl groups excluding tert-OH is 1. The van der Waals surface area contributed by atoms with Crippen molar-refractivity contribution in [2.45, 2.75) is 77.5 Å². The number of methoxy groups -OCH3 is 1. The molecular formula is C27H41N3O4. The molecule has 0 aromatic carbocycles. The molecule has 1 aromatic heterocycles. The van der Waals surface area contributed by atoms with Crippen LogP contribution in [0.4, 0.5) is 0 Å². The van der Waals surface area contributed by atoms with E-state index in [1.807, 2.05) is 17.9 Å². The van der Waals surface area contributed by atoms with E-state index in [0.29, 0.717) is 12.3 Å². The van der Waals surface area contributed by atoms with Crippen molar-refractivity contribution in [3.63, 3.8) is 0 Å². The summed E-state index contributed by atoms with van der Waals surface area (Å²) in [4.78, 5) is 32.4. The first-order chi connectivity index (χ1) is 16.3. The predicted octanol–water partition coefficient (Wildman–Crippen LogP) is 3.28. The number of nitrogens with zero attached hydrogens (tertiary/aromatic N) is 2. The van der Waals surface area contributed by atoms with Crippen molar-refractivity contribution in [2.24, 2.45) is 29.1 Å². The summed E-state index contributed by atoms with van der Waals surface area (Å²) < 4.78 is 5.34. The highest BCUT2D eigenvalue weighted by Gasteiger charge is 2.54. The number of carbonyl (C=O) groups is 2. The summed E-state index contributed by atoms with van der Waals surface area (Å²) in [5, 5.41) is 14.9. The molecule has 2 heterocycles. The molecule has 1 aromatic rings. The molecule has 2 saturated carbocycles. The van der Waals surface area contributed by atoms with Crippen LogP contribution in [0.1, 0.15) is 69.8 Å². The molecule has 3 aliphatic rings. The predicted molar refractivity (Wildman–Crippen MR) is 130 cm³/mol. The lowest BCUT2D eigenvalue weighted by Crippen LogP contribution is -2.58. The highest BCUT2D eigenvalue weighted by molar-refractivity contribution is 5.92. The zero-order valence-electron chi connectivity index (χ0n) is 21.1. The number of aliphatic hydroxyl groups is 1. The second kappa shape index (κ2) is 10.3. The minimum absolute atomic E-state index is 0.0170. The molecule has 0 radical (unpaired) electrons. The number of amides is 2. The van der Waals surface area contributed by atoms with E-state index < -0.39 is 6.10 Å². The number of ether oxygens (including phenoxy) is 1. The van der Waals surface area contributed by atoms with Gasteiger partial charge in [-0.3, -0.25) is 14.6 Å². The third kappa shape index (κ3) is 4.74. The number of aromatic nitrogens is 1. The van der Waals surface area contributed by atoms with Gasteiger partial charge in [-0.1, -0.05) is 26.8 Å². The largest absolute Gasteiger partial charge is 0.392 e. The number of hydrogen-bond donors (Lipinski definition) is 2. The number of fused-ring (bicyclic) bond motifs is 1. The van der Waals surface area contributed by atoms with Crippen LogP contribution in [0.15, 0.2) is 24.4 Å². The summed E-state index contributed by atoms with van der Waals surface area (Å²) in [5.41, 5.74) is 0.442. The van der Waals surface area contributed by atoms with E-state index in [-0.39, 0.29) is 53.0 Å². The lowest BCUT2D eigenvalue weighted by atomic mass is 9.51. The second-order valence-electron chi connectivity index (χ2n) is 11.1. The van der Waals surface area contributed by atoms with Crippen LogP contribution in [0.2, 0.25) is 0 Å². The van der Waals surface area contributed by atoms with E-state index in [2.05, 4.69) is 24.1 Å². The standard InChI is InChI=1S/C27H41N3O4/c1-17(26(33)30-15-7-8-19(30)16-34-4)20-10-12-27(3)13-11-21(18(2)23(27)24(20)31)29-25(32)22-9-5-6-14-28-22/h5-6,9,14,17-21,23-24,31H,7-8,10-13,15-16H2,1-4H3,(H,29,32)/t17-,18-,19+,20+,21-,23+,24-,27+/m0/s1. The Hall–Kier alpha value is -1.99. The third-order valence-corrected chi connectivity index (χ3v) is 9.15. The summed E-state index contributed by atoms with van der Waals surface area (Å²) in [6, 6.07) is 5.46. The molecule has 188 valence electrons. The van der Waals surface area contributed by atoms with E-state index in [9.17, 15) is 14.7 Å². The zero-order chi connectivity index (χ0) is 24.5. The summed E-state index contributed by atoms with van der Waals surface area (Å²) in [6.45, 7) is 7.78. The monoisotopic (exact) mass is 471 g/mol. The van der Waals surface area contributed by atoms with E-state index in [0.717, 1.165) is 45.1 Å². The lowest BCUT2D eigenvalue weighted by Gasteiger charge is -2.56. The molecular weight excluding hydrogens is 430 g/mol. The van der Waals surface area contributed by atoms with Gasteiger partial charge in [0.15, 0.2) is 0 Å². The van der Waals surface area contributed by atoms with E-state index in [1.165, 1.54) is 0 Å². The van der Waals surface area contributed by atoms with Crippen LogP contribution >= 0.6 is 0 Å². The summed E-state index contributed by atoms with van der Waals surface area (Å²) in [6.07, 6.45) is 6.77. The van der Waals surface area contributed by atoms with Crippen molar-refractivity contribution >= 4 is 11.8 Å². The fraction of sp³-hybridized carbons (Fsp3) is 0.741. The molecule has 0 bridgehead atoms. The van der Waals surface area contributed by atoms with E-state index >= 15 is 0 Å². The Morgan fingerprint density at radius 2 is 2.06 bits per heavy atom. The quantitative estimate of drug-likeness (QED) is 0.664. The van der Waals surface area contributed by atoms with Crippen LogP contribution in [0.5, 0.6) is 0 Å². The number of nitrogens with one attached hydrogen (secondary N) is 1. The Morgan fingerprint density at radius 3 is 2.76 bits per heavy atom. The maximum atomic E-state index is 13.5. The average molecular weight is 472 g/mol. The third-order valence-electron chi connectivity index (χ3n) is 9.15. The summed E-state index contributed by atoms with van der Waals surface area (Å²) in [5.74, 6) is -0.160. The summed E-state index contributed by atoms with van der Waals surface area (Å²) in [7, 11) is 1.68. The highest BCUT2D eigenvalue weighted by atomic mass is 16.5. The maximum absolute atomic E-state index is 13.5. The van der Waals surface area contributed by atoms with Crippen molar-refractivity contribution in [3.8, 4) is 0 Å². The van der Waals surface area contributed by atoms with Crippen molar-refractivity contribution < 1.29 is 19.4 Å². The van der Waals surface area contributed by atoms with E-state index in [1.54, 1.807) is 25.4 Å². The molecule has 2 aliphatic carbocycles. The first kappa shape index (κ1) is 25.1. The smallest absolute Gasteiger partial charge is 0.270 e. The summed E-state index contributed by atoms with van der Waals surface area (Å²) >= 11 is 0. The molecule has 4 rings (SSSR count). The average Bonchev–Trinajstić information content (AvgIpc) is 3.29. The normalized spacial score (nSPS) is 36.6. The number of carbonyl (C=O) groups excluding carboxylic acids is 2. The Labute approximate surface area is 203 Å². The van der Waals surface area contributed by atoms with Gasteiger partial charge in [-0.05, 0) is 73.8 Å². The van der Waals surface area contributed by atoms with Gasteiger partial charge in [0, 0.05) is 31.8 Å². The topological polar surface area (TPSA) is 91.8 Å². The van der Waals surface area contributed by atoms with Crippen LogP contribution in [-0.4, -0.2) is 65.3 Å². The molecule has 8 atom stereocenters. The van der Waals surface area contributed by atoms with Gasteiger partial charge in [0.05, 0.1) is 18.8 Å². The SMILES string of the molecule is COC[C@H]1CCCN1C(=O)[C@@H](C)[C@H]1CC[C@]2(C)CC[C@H](NC(=O)c3ccccn3)[C@H](C)[C@@H]2[C@H]1O. The van der Waals surface area contributed by atoms with Crippen molar-refractivity contribution in [1.29, 1.82) is 0 Å². The molecule has 0 unspecified atom stereocenters. The van der Waals surface area contributed by atoms with Gasteiger partial charge in [0.2, 0.25) is 5.91 Å². The number of pyridine rings is 1. The Balaban J connectivity index is 1.47. The molecule has 2 amide bonds. The number of hydrogen-bond acceptors (Lipinski definition) is 5. The number of likely N-dealkylation sites (tertiary alicyclic amines) is 1. The van der Waals surface area contributed by atoms with Crippen molar-refractivity contribution in [2.75, 3.05) is 20.3 Å². The van der Waals surface area contributed by atoms with E-state index in [4.69, 9.17) is 4.74 Å². The maximum Gasteiger partial charge on any atom is 0.270 e. The molecule has 7 nitrogen and oxygen atoms in total.